The van der Waals surface area contributed by atoms with Crippen LogP contribution in [0, 0.1) is 116 Å². The van der Waals surface area contributed by atoms with Crippen molar-refractivity contribution in [3.63, 3.8) is 0 Å². The van der Waals surface area contributed by atoms with E-state index in [0.29, 0.717) is 6.61 Å². The molecule has 0 unspecified atom stereocenters. The smallest absolute Gasteiger partial charge is 0.376 e. The van der Waals surface area contributed by atoms with Gasteiger partial charge in [-0.3, -0.25) is 4.79 Å². The number of pyridine rings is 1. The number of halogens is 20. The molecule has 0 aliphatic carbocycles. The van der Waals surface area contributed by atoms with Crippen LogP contribution in [-0.4, -0.2) is 18.5 Å². The average Bonchev–Trinajstić information content (AvgIpc) is 1.83. The monoisotopic (exact) mass is 1200 g/mol. The first kappa shape index (κ1) is 65.0. The molecule has 7 aromatic rings. The van der Waals surface area contributed by atoms with Crippen molar-refractivity contribution < 1.29 is 102 Å². The minimum atomic E-state index is -7.22. The second-order valence-electron chi connectivity index (χ2n) is 19.6. The number of Topliss-reactive ketones (excluding diaryl/α,β-unsaturated/α-hetero) is 1. The number of unbranched alkanes of at least 4 members (excludes halogenated alkanes) is 15. The van der Waals surface area contributed by atoms with Crippen LogP contribution in [0.4, 0.5) is 87.8 Å². The summed E-state index contributed by atoms with van der Waals surface area (Å²) in [5.41, 5.74) is -13.6. The summed E-state index contributed by atoms with van der Waals surface area (Å²) in [6.45, 7) is 3.25. The number of carbonyl (C=O) groups is 1. The molecule has 0 saturated carbocycles. The fourth-order valence-corrected chi connectivity index (χ4v) is 10.1. The fraction of sp³-hybridized carbons (Fsp3) is 0.322. The lowest BCUT2D eigenvalue weighted by Crippen LogP contribution is -2.81. The Morgan fingerprint density at radius 3 is 0.988 bits per heavy atom. The molecule has 3 nitrogen and oxygen atoms in total. The third kappa shape index (κ3) is 13.5. The molecule has 0 fully saturated rings. The van der Waals surface area contributed by atoms with Crippen LogP contribution in [0.15, 0.2) is 66.9 Å². The van der Waals surface area contributed by atoms with Crippen molar-refractivity contribution in [3.05, 3.63) is 189 Å². The number of fused-ring (bicyclic) bond motifs is 1. The van der Waals surface area contributed by atoms with E-state index >= 15 is 35.1 Å². The Morgan fingerprint density at radius 1 is 0.361 bits per heavy atom. The van der Waals surface area contributed by atoms with E-state index in [2.05, 4.69) is 25.1 Å². The molecule has 0 aliphatic rings. The Balaban J connectivity index is 0.000000271. The molecule has 83 heavy (non-hydrogen) atoms. The van der Waals surface area contributed by atoms with Gasteiger partial charge in [-0.2, -0.15) is 4.57 Å². The van der Waals surface area contributed by atoms with Gasteiger partial charge in [-0.1, -0.05) is 152 Å². The maximum Gasteiger partial charge on any atom is 0.376 e. The van der Waals surface area contributed by atoms with Crippen molar-refractivity contribution in [1.82, 2.24) is 0 Å². The van der Waals surface area contributed by atoms with Gasteiger partial charge >= 0.3 is 5.88 Å². The lowest BCUT2D eigenvalue weighted by atomic mass is 9.12. The summed E-state index contributed by atoms with van der Waals surface area (Å²) in [6.07, 6.45) is 16.6. The first-order valence-corrected chi connectivity index (χ1v) is 26.4. The molecule has 0 saturated heterocycles. The number of hydrogen-bond acceptors (Lipinski definition) is 2. The van der Waals surface area contributed by atoms with Crippen molar-refractivity contribution in [1.29, 1.82) is 0 Å². The minimum absolute atomic E-state index is 0.0955. The first-order chi connectivity index (χ1) is 39.5. The maximum absolute atomic E-state index is 15.4. The van der Waals surface area contributed by atoms with Gasteiger partial charge in [0.25, 0.3) is 0 Å². The highest BCUT2D eigenvalue weighted by atomic mass is 19.2. The van der Waals surface area contributed by atoms with Gasteiger partial charge in [-0.25, -0.2) is 87.8 Å². The van der Waals surface area contributed by atoms with Crippen LogP contribution in [-0.2, 0) is 6.54 Å². The van der Waals surface area contributed by atoms with Crippen molar-refractivity contribution in [2.24, 2.45) is 0 Å². The molecular formula is C59H50BF20NO2. The van der Waals surface area contributed by atoms with Crippen molar-refractivity contribution in [3.8, 4) is 5.88 Å². The van der Waals surface area contributed by atoms with Crippen LogP contribution in [0.5, 0.6) is 5.88 Å². The van der Waals surface area contributed by atoms with Crippen LogP contribution in [0.3, 0.4) is 0 Å². The predicted octanol–water partition coefficient (Wildman–Crippen LogP) is 15.5. The second kappa shape index (κ2) is 28.9. The van der Waals surface area contributed by atoms with Gasteiger partial charge in [-0.15, -0.1) is 21.9 Å². The molecule has 0 spiro atoms. The molecule has 0 bridgehead atoms. The largest absolute Gasteiger partial charge is 0.444 e. The molecular weight excluding hydrogens is 1150 g/mol. The van der Waals surface area contributed by atoms with Gasteiger partial charge in [0.15, 0.2) is 76.0 Å². The average molecular weight is 1200 g/mol. The Labute approximate surface area is 462 Å². The summed E-state index contributed by atoms with van der Waals surface area (Å²) in [5, 5.41) is 2.20. The molecule has 0 amide bonds. The van der Waals surface area contributed by atoms with E-state index in [1.54, 1.807) is 0 Å². The maximum atomic E-state index is 15.4. The third-order valence-electron chi connectivity index (χ3n) is 14.2. The number of aromatic nitrogens is 1. The summed E-state index contributed by atoms with van der Waals surface area (Å²) in [6, 6.07) is 19.8. The van der Waals surface area contributed by atoms with E-state index in [4.69, 9.17) is 4.74 Å². The number of carbonyl (C=O) groups excluding carboxylic acids is 1. The molecule has 0 atom stereocenters. The van der Waals surface area contributed by atoms with Gasteiger partial charge in [-0.05, 0) is 17.9 Å². The number of benzene rings is 6. The molecule has 6 aromatic carbocycles. The zero-order valence-electron chi connectivity index (χ0n) is 44.0. The van der Waals surface area contributed by atoms with E-state index in [-0.39, 0.29) is 12.3 Å². The van der Waals surface area contributed by atoms with Gasteiger partial charge in [0.2, 0.25) is 12.3 Å². The lowest BCUT2D eigenvalue weighted by molar-refractivity contribution is -0.687. The van der Waals surface area contributed by atoms with Crippen LogP contribution in [0.25, 0.3) is 10.8 Å². The Bertz CT molecular complexity index is 3070. The van der Waals surface area contributed by atoms with Crippen molar-refractivity contribution >= 4 is 44.6 Å². The zero-order chi connectivity index (χ0) is 61.0. The van der Waals surface area contributed by atoms with Gasteiger partial charge in [0.1, 0.15) is 52.7 Å². The quantitative estimate of drug-likeness (QED) is 0.0109. The number of ketones is 1. The standard InChI is InChI=1S/C35H50NO2.C24BF20/c1-2-3-4-5-6-7-8-9-10-11-12-13-14-15-16-22-29-38-35-33-26-21-20-23-31(33)27-28-36(35)30-34(37)32-24-18-17-19-25-32;26-5-1(6(27)14(35)21(42)13(5)34)25(2-7(28)15(36)22(43)16(37)8(2)29,3-9(30)17(38)23(44)18(39)10(3)31)4-11(32)19(40)24(45)20(41)12(4)33/h17-21,23-28H,2-16,22,29-30H2,1H3;/q+1;-1. The summed E-state index contributed by atoms with van der Waals surface area (Å²) in [7, 11) is 0. The molecule has 1 aromatic heterocycles. The number of hydrogen-bond donors (Lipinski definition) is 0. The topological polar surface area (TPSA) is 30.2 Å². The number of ether oxygens (including phenoxy) is 1. The minimum Gasteiger partial charge on any atom is -0.444 e. The van der Waals surface area contributed by atoms with Crippen LogP contribution < -0.4 is 31.2 Å². The van der Waals surface area contributed by atoms with Crippen LogP contribution in [0.1, 0.15) is 120 Å². The van der Waals surface area contributed by atoms with Crippen molar-refractivity contribution in [2.45, 2.75) is 116 Å². The van der Waals surface area contributed by atoms with Gasteiger partial charge < -0.3 is 4.74 Å². The van der Waals surface area contributed by atoms with E-state index in [1.807, 2.05) is 53.2 Å². The highest BCUT2D eigenvalue weighted by molar-refractivity contribution is 7.20. The Hall–Kier alpha value is -7.14. The highest BCUT2D eigenvalue weighted by Crippen LogP contribution is 2.31. The molecule has 0 aliphatic heterocycles. The zero-order valence-corrected chi connectivity index (χ0v) is 44.0. The summed E-state index contributed by atoms with van der Waals surface area (Å²) < 4.78 is 302. The van der Waals surface area contributed by atoms with Crippen LogP contribution in [0.2, 0.25) is 0 Å². The first-order valence-electron chi connectivity index (χ1n) is 26.4. The Kier molecular flexibility index (Phi) is 22.6. The molecule has 24 heteroatoms. The van der Waals surface area contributed by atoms with Gasteiger partial charge in [0, 0.05) is 11.6 Å². The summed E-state index contributed by atoms with van der Waals surface area (Å²) >= 11 is 0. The molecule has 1 heterocycles. The number of nitrogens with zero attached hydrogens (tertiary/aromatic N) is 1. The third-order valence-corrected chi connectivity index (χ3v) is 14.2. The highest BCUT2D eigenvalue weighted by Gasteiger charge is 2.52. The molecule has 0 radical (unpaired) electrons. The molecule has 7 rings (SSSR count). The van der Waals surface area contributed by atoms with E-state index in [1.165, 1.54) is 96.3 Å². The van der Waals surface area contributed by atoms with Crippen LogP contribution >= 0.6 is 0 Å². The fourth-order valence-electron chi connectivity index (χ4n) is 10.1. The summed E-state index contributed by atoms with van der Waals surface area (Å²) in [5.74, 6) is -70.5. The van der Waals surface area contributed by atoms with E-state index in [9.17, 15) is 57.5 Å². The van der Waals surface area contributed by atoms with Crippen molar-refractivity contribution in [2.75, 3.05) is 6.61 Å². The SMILES string of the molecule is CCCCCCCCCCCCCCCCCCOc1c2ccccc2cc[n+]1CC(=O)c1ccccc1.Fc1c(F)c(F)c([B-](c2c(F)c(F)c(F)c(F)c2F)(c2c(F)c(F)c(F)c(F)c2F)c2c(F)c(F)c(F)c(F)c2F)c(F)c1F. The van der Waals surface area contributed by atoms with E-state index < -0.39 is 144 Å². The molecule has 0 N–H and O–H groups in total. The van der Waals surface area contributed by atoms with Gasteiger partial charge in [0.05, 0.1) is 12.0 Å². The van der Waals surface area contributed by atoms with E-state index in [0.717, 1.165) is 28.6 Å². The predicted molar refractivity (Wildman–Crippen MR) is 269 cm³/mol. The lowest BCUT2D eigenvalue weighted by Gasteiger charge is -2.44. The number of rotatable bonds is 25. The Morgan fingerprint density at radius 2 is 0.651 bits per heavy atom. The molecule has 446 valence electrons. The second-order valence-corrected chi connectivity index (χ2v) is 19.6. The summed E-state index contributed by atoms with van der Waals surface area (Å²) in [4.78, 5) is 12.9. The normalized spacial score (nSPS) is 11.6.